The first kappa shape index (κ1) is 18.7. The van der Waals surface area contributed by atoms with Crippen molar-refractivity contribution >= 4 is 17.5 Å². The van der Waals surface area contributed by atoms with Gasteiger partial charge in [-0.1, -0.05) is 18.2 Å². The van der Waals surface area contributed by atoms with Gasteiger partial charge in [0.2, 0.25) is 0 Å². The van der Waals surface area contributed by atoms with Crippen LogP contribution in [0.2, 0.25) is 0 Å². The Labute approximate surface area is 158 Å². The second-order valence-corrected chi connectivity index (χ2v) is 6.24. The van der Waals surface area contributed by atoms with E-state index in [4.69, 9.17) is 9.47 Å². The number of anilines is 1. The van der Waals surface area contributed by atoms with Gasteiger partial charge in [-0.25, -0.2) is 0 Å². The van der Waals surface area contributed by atoms with Crippen molar-refractivity contribution in [3.05, 3.63) is 53.6 Å². The van der Waals surface area contributed by atoms with Crippen LogP contribution >= 0.6 is 0 Å². The monoisotopic (exact) mass is 369 g/mol. The summed E-state index contributed by atoms with van der Waals surface area (Å²) in [4.78, 5) is 25.4. The van der Waals surface area contributed by atoms with Gasteiger partial charge in [0.15, 0.2) is 11.5 Å². The Morgan fingerprint density at radius 1 is 1.04 bits per heavy atom. The van der Waals surface area contributed by atoms with Gasteiger partial charge in [0.25, 0.3) is 11.8 Å². The first-order chi connectivity index (χ1) is 13.1. The highest BCUT2D eigenvalue weighted by atomic mass is 16.5. The molecule has 3 rings (SSSR count). The zero-order valence-corrected chi connectivity index (χ0v) is 15.4. The van der Waals surface area contributed by atoms with Crippen LogP contribution in [0.1, 0.15) is 27.1 Å². The molecule has 1 aliphatic heterocycles. The van der Waals surface area contributed by atoms with Gasteiger partial charge in [0.05, 0.1) is 25.5 Å². The molecule has 1 fully saturated rings. The lowest BCUT2D eigenvalue weighted by atomic mass is 10.1. The smallest absolute Gasteiger partial charge is 0.255 e. The molecule has 3 N–H and O–H groups in total. The average molecular weight is 369 g/mol. The molecule has 1 unspecified atom stereocenters. The van der Waals surface area contributed by atoms with Gasteiger partial charge in [0, 0.05) is 24.2 Å². The zero-order valence-electron chi connectivity index (χ0n) is 15.4. The fraction of sp³-hybridized carbons (Fsp3) is 0.300. The van der Waals surface area contributed by atoms with Gasteiger partial charge in [-0.05, 0) is 31.2 Å². The van der Waals surface area contributed by atoms with Crippen LogP contribution in [0.3, 0.4) is 0 Å². The van der Waals surface area contributed by atoms with E-state index in [-0.39, 0.29) is 17.9 Å². The molecule has 1 atom stereocenters. The largest absolute Gasteiger partial charge is 0.493 e. The maximum absolute atomic E-state index is 12.8. The normalized spacial score (nSPS) is 15.9. The number of amides is 2. The molecule has 2 aromatic rings. The number of carbonyl (C=O) groups excluding carboxylic acids is 2. The van der Waals surface area contributed by atoms with Crippen LogP contribution in [0, 0.1) is 0 Å². The number of methoxy groups -OCH3 is 2. The molecular weight excluding hydrogens is 346 g/mol. The molecule has 7 nitrogen and oxygen atoms in total. The van der Waals surface area contributed by atoms with Crippen molar-refractivity contribution in [2.75, 3.05) is 32.6 Å². The summed E-state index contributed by atoms with van der Waals surface area (Å²) in [5, 5.41) is 9.01. The molecule has 0 spiro atoms. The minimum atomic E-state index is -0.306. The number of rotatable bonds is 6. The van der Waals surface area contributed by atoms with Crippen LogP contribution in [0.15, 0.2) is 42.5 Å². The average Bonchev–Trinajstić information content (AvgIpc) is 3.21. The third-order valence-corrected chi connectivity index (χ3v) is 4.45. The highest BCUT2D eigenvalue weighted by molar-refractivity contribution is 6.09. The van der Waals surface area contributed by atoms with Crippen molar-refractivity contribution in [3.63, 3.8) is 0 Å². The van der Waals surface area contributed by atoms with E-state index >= 15 is 0 Å². The Hall–Kier alpha value is -3.06. The minimum absolute atomic E-state index is 0.0586. The lowest BCUT2D eigenvalue weighted by Crippen LogP contribution is -2.36. The molecule has 27 heavy (non-hydrogen) atoms. The molecule has 2 aromatic carbocycles. The summed E-state index contributed by atoms with van der Waals surface area (Å²) in [6.45, 7) is 1.60. The third-order valence-electron chi connectivity index (χ3n) is 4.45. The van der Waals surface area contributed by atoms with Crippen LogP contribution in [0.5, 0.6) is 11.5 Å². The Balaban J connectivity index is 1.91. The Morgan fingerprint density at radius 2 is 1.74 bits per heavy atom. The molecule has 2 amide bonds. The van der Waals surface area contributed by atoms with Crippen LogP contribution in [-0.2, 0) is 0 Å². The summed E-state index contributed by atoms with van der Waals surface area (Å²) in [6, 6.07) is 12.1. The van der Waals surface area contributed by atoms with Crippen molar-refractivity contribution in [1.29, 1.82) is 0 Å². The Morgan fingerprint density at radius 3 is 2.37 bits per heavy atom. The van der Waals surface area contributed by atoms with Crippen LogP contribution in [0.4, 0.5) is 5.69 Å². The number of nitrogens with one attached hydrogen (secondary N) is 3. The highest BCUT2D eigenvalue weighted by Crippen LogP contribution is 2.33. The molecule has 1 heterocycles. The summed E-state index contributed by atoms with van der Waals surface area (Å²) >= 11 is 0. The molecule has 1 saturated heterocycles. The second kappa shape index (κ2) is 8.55. The second-order valence-electron chi connectivity index (χ2n) is 6.24. The van der Waals surface area contributed by atoms with E-state index in [0.29, 0.717) is 28.3 Å². The van der Waals surface area contributed by atoms with Crippen molar-refractivity contribution in [1.82, 2.24) is 10.6 Å². The predicted octanol–water partition coefficient (Wildman–Crippen LogP) is 2.05. The topological polar surface area (TPSA) is 88.7 Å². The van der Waals surface area contributed by atoms with Gasteiger partial charge in [-0.15, -0.1) is 0 Å². The van der Waals surface area contributed by atoms with Crippen LogP contribution in [0.25, 0.3) is 0 Å². The molecule has 1 aliphatic rings. The summed E-state index contributed by atoms with van der Waals surface area (Å²) in [5.41, 5.74) is 1.19. The fourth-order valence-corrected chi connectivity index (χ4v) is 3.00. The van der Waals surface area contributed by atoms with Crippen molar-refractivity contribution < 1.29 is 19.1 Å². The Bertz CT molecular complexity index is 817. The fourth-order valence-electron chi connectivity index (χ4n) is 3.00. The first-order valence-corrected chi connectivity index (χ1v) is 8.76. The number of ether oxygens (including phenoxy) is 2. The number of benzene rings is 2. The molecule has 0 radical (unpaired) electrons. The summed E-state index contributed by atoms with van der Waals surface area (Å²) in [7, 11) is 3.01. The lowest BCUT2D eigenvalue weighted by Gasteiger charge is -2.17. The summed E-state index contributed by atoms with van der Waals surface area (Å²) < 4.78 is 10.6. The molecule has 7 heteroatoms. The molecule has 0 aliphatic carbocycles. The molecule has 0 bridgehead atoms. The zero-order chi connectivity index (χ0) is 19.2. The van der Waals surface area contributed by atoms with E-state index in [9.17, 15) is 9.59 Å². The molecule has 0 saturated carbocycles. The predicted molar refractivity (Wildman–Crippen MR) is 103 cm³/mol. The maximum atomic E-state index is 12.8. The van der Waals surface area contributed by atoms with E-state index in [1.54, 1.807) is 36.4 Å². The molecule has 0 aromatic heterocycles. The van der Waals surface area contributed by atoms with Crippen LogP contribution in [-0.4, -0.2) is 45.2 Å². The first-order valence-electron chi connectivity index (χ1n) is 8.76. The van der Waals surface area contributed by atoms with E-state index < -0.39 is 0 Å². The van der Waals surface area contributed by atoms with Crippen molar-refractivity contribution in [2.45, 2.75) is 12.5 Å². The van der Waals surface area contributed by atoms with E-state index in [1.807, 2.05) is 6.07 Å². The SMILES string of the molecule is COc1cc(NC(=O)c2ccccc2)c(C(=O)NC2CCNC2)cc1OC. The highest BCUT2D eigenvalue weighted by Gasteiger charge is 2.22. The summed E-state index contributed by atoms with van der Waals surface area (Å²) in [5.74, 6) is 0.275. The third kappa shape index (κ3) is 4.38. The number of carbonyl (C=O) groups is 2. The van der Waals surface area contributed by atoms with Gasteiger partial charge < -0.3 is 25.4 Å². The van der Waals surface area contributed by atoms with Crippen LogP contribution < -0.4 is 25.4 Å². The number of hydrogen-bond donors (Lipinski definition) is 3. The van der Waals surface area contributed by atoms with E-state index in [0.717, 1.165) is 19.5 Å². The van der Waals surface area contributed by atoms with Gasteiger partial charge in [0.1, 0.15) is 0 Å². The van der Waals surface area contributed by atoms with Crippen molar-refractivity contribution in [3.8, 4) is 11.5 Å². The van der Waals surface area contributed by atoms with Gasteiger partial charge >= 0.3 is 0 Å². The number of hydrogen-bond acceptors (Lipinski definition) is 5. The van der Waals surface area contributed by atoms with Crippen molar-refractivity contribution in [2.24, 2.45) is 0 Å². The summed E-state index contributed by atoms with van der Waals surface area (Å²) in [6.07, 6.45) is 0.866. The van der Waals surface area contributed by atoms with Gasteiger partial charge in [-0.3, -0.25) is 9.59 Å². The maximum Gasteiger partial charge on any atom is 0.255 e. The van der Waals surface area contributed by atoms with Gasteiger partial charge in [-0.2, -0.15) is 0 Å². The Kier molecular flexibility index (Phi) is 5.93. The van der Waals surface area contributed by atoms with E-state index in [1.165, 1.54) is 14.2 Å². The lowest BCUT2D eigenvalue weighted by molar-refractivity contribution is 0.0940. The van der Waals surface area contributed by atoms with E-state index in [2.05, 4.69) is 16.0 Å². The molecule has 142 valence electrons. The standard InChI is InChI=1S/C20H23N3O4/c1-26-17-10-15(20(25)22-14-8-9-21-12-14)16(11-18(17)27-2)23-19(24)13-6-4-3-5-7-13/h3-7,10-11,14,21H,8-9,12H2,1-2H3,(H,22,25)(H,23,24). The quantitative estimate of drug-likeness (QED) is 0.725. The minimum Gasteiger partial charge on any atom is -0.493 e. The molecular formula is C20H23N3O4.